The van der Waals surface area contributed by atoms with Crippen molar-refractivity contribution in [3.05, 3.63) is 29.3 Å². The number of nitrogens with zero attached hydrogens (tertiary/aromatic N) is 7. The zero-order chi connectivity index (χ0) is 20.3. The van der Waals surface area contributed by atoms with E-state index in [1.165, 1.54) is 28.2 Å². The fourth-order valence-corrected chi connectivity index (χ4v) is 4.34. The molecule has 3 aromatic heterocycles. The van der Waals surface area contributed by atoms with Gasteiger partial charge in [0.2, 0.25) is 22.0 Å². The highest BCUT2D eigenvalue weighted by molar-refractivity contribution is 8.00. The number of carbonyl (C=O) groups is 1. The molecule has 3 heterocycles. The van der Waals surface area contributed by atoms with Crippen LogP contribution in [0.2, 0.25) is 0 Å². The Labute approximate surface area is 172 Å². The standard InChI is InChI=1S/C17H24N8OS2/c1-5-23(6-2)14(26)10-28-17-22-21-16(25(17)18)27-9-13-8-24-12(4)7-11(3)19-15(24)20-13/h7-8H,5-6,9-10,18H2,1-4H3. The second kappa shape index (κ2) is 8.82. The van der Waals surface area contributed by atoms with Gasteiger partial charge in [0.25, 0.3) is 0 Å². The number of carbonyl (C=O) groups excluding carboxylic acids is 1. The van der Waals surface area contributed by atoms with E-state index in [-0.39, 0.29) is 5.91 Å². The predicted octanol–water partition coefficient (Wildman–Crippen LogP) is 1.90. The van der Waals surface area contributed by atoms with Gasteiger partial charge in [-0.2, -0.15) is 0 Å². The third-order valence-corrected chi connectivity index (χ3v) is 6.14. The third-order valence-electron chi connectivity index (χ3n) is 4.23. The molecule has 0 atom stereocenters. The number of imidazole rings is 1. The van der Waals surface area contributed by atoms with Gasteiger partial charge in [0, 0.05) is 36.4 Å². The second-order valence-corrected chi connectivity index (χ2v) is 8.10. The Kier molecular flexibility index (Phi) is 6.45. The lowest BCUT2D eigenvalue weighted by molar-refractivity contribution is -0.127. The first-order valence-corrected chi connectivity index (χ1v) is 11.0. The molecule has 9 nitrogen and oxygen atoms in total. The maximum Gasteiger partial charge on any atom is 0.234 e. The summed E-state index contributed by atoms with van der Waals surface area (Å²) in [6.45, 7) is 9.29. The van der Waals surface area contributed by atoms with E-state index in [9.17, 15) is 4.79 Å². The lowest BCUT2D eigenvalue weighted by Crippen LogP contribution is -2.32. The Morgan fingerprint density at radius 2 is 1.82 bits per heavy atom. The van der Waals surface area contributed by atoms with Crippen LogP contribution in [0.1, 0.15) is 30.9 Å². The number of hydrogen-bond acceptors (Lipinski definition) is 8. The average molecular weight is 421 g/mol. The highest BCUT2D eigenvalue weighted by Gasteiger charge is 2.16. The molecule has 3 rings (SSSR count). The summed E-state index contributed by atoms with van der Waals surface area (Å²) in [5.74, 6) is 7.74. The summed E-state index contributed by atoms with van der Waals surface area (Å²) in [7, 11) is 0. The molecule has 2 N–H and O–H groups in total. The third kappa shape index (κ3) is 4.41. The van der Waals surface area contributed by atoms with Gasteiger partial charge in [-0.15, -0.1) is 10.2 Å². The first-order valence-electron chi connectivity index (χ1n) is 8.99. The number of amides is 1. The predicted molar refractivity (Wildman–Crippen MR) is 111 cm³/mol. The molecule has 0 aromatic carbocycles. The highest BCUT2D eigenvalue weighted by Crippen LogP contribution is 2.24. The first-order chi connectivity index (χ1) is 13.4. The minimum atomic E-state index is 0.0649. The topological polar surface area (TPSA) is 107 Å². The maximum atomic E-state index is 12.1. The minimum Gasteiger partial charge on any atom is -0.343 e. The van der Waals surface area contributed by atoms with E-state index in [4.69, 9.17) is 5.84 Å². The van der Waals surface area contributed by atoms with E-state index in [0.29, 0.717) is 40.7 Å². The lowest BCUT2D eigenvalue weighted by atomic mass is 10.3. The van der Waals surface area contributed by atoms with E-state index in [0.717, 1.165) is 17.1 Å². The molecule has 0 spiro atoms. The molecular weight excluding hydrogens is 396 g/mol. The SMILES string of the molecule is CCN(CC)C(=O)CSc1nnc(SCc2cn3c(C)cc(C)nc3n2)n1N. The van der Waals surface area contributed by atoms with Gasteiger partial charge in [-0.3, -0.25) is 9.20 Å². The Morgan fingerprint density at radius 3 is 2.50 bits per heavy atom. The van der Waals surface area contributed by atoms with Crippen LogP contribution < -0.4 is 5.84 Å². The highest BCUT2D eigenvalue weighted by atomic mass is 32.2. The average Bonchev–Trinajstić information content (AvgIpc) is 3.22. The fourth-order valence-electron chi connectivity index (χ4n) is 2.78. The van der Waals surface area contributed by atoms with Crippen molar-refractivity contribution in [3.8, 4) is 0 Å². The molecule has 1 amide bonds. The summed E-state index contributed by atoms with van der Waals surface area (Å²) in [5, 5.41) is 9.33. The summed E-state index contributed by atoms with van der Waals surface area (Å²) in [6.07, 6.45) is 1.97. The number of hydrogen-bond donors (Lipinski definition) is 1. The zero-order valence-corrected chi connectivity index (χ0v) is 18.0. The number of nitrogens with two attached hydrogens (primary N) is 1. The molecule has 0 fully saturated rings. The van der Waals surface area contributed by atoms with Gasteiger partial charge >= 0.3 is 0 Å². The molecule has 0 aliphatic carbocycles. The second-order valence-electron chi connectivity index (χ2n) is 6.22. The van der Waals surface area contributed by atoms with Gasteiger partial charge in [-0.1, -0.05) is 23.5 Å². The fraction of sp³-hybridized carbons (Fsp3) is 0.471. The molecule has 0 saturated heterocycles. The summed E-state index contributed by atoms with van der Waals surface area (Å²) < 4.78 is 3.39. The van der Waals surface area contributed by atoms with Gasteiger partial charge in [0.15, 0.2) is 0 Å². The summed E-state index contributed by atoms with van der Waals surface area (Å²) >= 11 is 2.74. The summed E-state index contributed by atoms with van der Waals surface area (Å²) in [5.41, 5.74) is 2.92. The van der Waals surface area contributed by atoms with Gasteiger partial charge in [-0.25, -0.2) is 14.6 Å². The molecule has 3 aromatic rings. The Morgan fingerprint density at radius 1 is 1.14 bits per heavy atom. The Bertz CT molecular complexity index is 979. The molecule has 11 heteroatoms. The van der Waals surface area contributed by atoms with Crippen molar-refractivity contribution in [3.63, 3.8) is 0 Å². The van der Waals surface area contributed by atoms with Crippen molar-refractivity contribution in [2.45, 2.75) is 43.8 Å². The normalized spacial score (nSPS) is 11.3. The van der Waals surface area contributed by atoms with Crippen molar-refractivity contribution in [1.29, 1.82) is 0 Å². The van der Waals surface area contributed by atoms with Crippen LogP contribution in [-0.2, 0) is 10.5 Å². The van der Waals surface area contributed by atoms with Crippen LogP contribution in [-0.4, -0.2) is 58.9 Å². The van der Waals surface area contributed by atoms with Crippen LogP contribution in [0.4, 0.5) is 0 Å². The molecular formula is C17H24N8OS2. The molecule has 0 bridgehead atoms. The quantitative estimate of drug-likeness (QED) is 0.435. The molecule has 0 saturated carbocycles. The van der Waals surface area contributed by atoms with Gasteiger partial charge in [0.05, 0.1) is 11.4 Å². The summed E-state index contributed by atoms with van der Waals surface area (Å²) in [6, 6.07) is 2.02. The Balaban J connectivity index is 1.63. The van der Waals surface area contributed by atoms with Crippen LogP contribution in [0.15, 0.2) is 22.6 Å². The molecule has 0 radical (unpaired) electrons. The summed E-state index contributed by atoms with van der Waals surface area (Å²) in [4.78, 5) is 22.9. The van der Waals surface area contributed by atoms with Crippen LogP contribution in [0.5, 0.6) is 0 Å². The minimum absolute atomic E-state index is 0.0649. The number of nitrogen functional groups attached to an aromatic ring is 1. The number of fused-ring (bicyclic) bond motifs is 1. The number of aromatic nitrogens is 6. The van der Waals surface area contributed by atoms with Gasteiger partial charge in [-0.05, 0) is 33.8 Å². The molecule has 150 valence electrons. The van der Waals surface area contributed by atoms with E-state index >= 15 is 0 Å². The Hall–Kier alpha value is -2.27. The van der Waals surface area contributed by atoms with Crippen LogP contribution >= 0.6 is 23.5 Å². The van der Waals surface area contributed by atoms with Crippen molar-refractivity contribution in [1.82, 2.24) is 34.1 Å². The largest absolute Gasteiger partial charge is 0.343 e. The maximum absolute atomic E-state index is 12.1. The molecule has 0 aliphatic rings. The molecule has 0 unspecified atom stereocenters. The molecule has 28 heavy (non-hydrogen) atoms. The first kappa shape index (κ1) is 20.5. The van der Waals surface area contributed by atoms with E-state index in [1.807, 2.05) is 44.4 Å². The van der Waals surface area contributed by atoms with Crippen LogP contribution in [0, 0.1) is 13.8 Å². The zero-order valence-electron chi connectivity index (χ0n) is 16.4. The van der Waals surface area contributed by atoms with E-state index in [1.54, 1.807) is 4.90 Å². The van der Waals surface area contributed by atoms with Gasteiger partial charge in [0.1, 0.15) is 0 Å². The van der Waals surface area contributed by atoms with Gasteiger partial charge < -0.3 is 10.7 Å². The number of aryl methyl sites for hydroxylation is 2. The monoisotopic (exact) mass is 420 g/mol. The molecule has 0 aliphatic heterocycles. The van der Waals surface area contributed by atoms with E-state index in [2.05, 4.69) is 20.2 Å². The van der Waals surface area contributed by atoms with Crippen molar-refractivity contribution >= 4 is 35.2 Å². The van der Waals surface area contributed by atoms with Crippen molar-refractivity contribution in [2.75, 3.05) is 24.7 Å². The van der Waals surface area contributed by atoms with Crippen molar-refractivity contribution < 1.29 is 4.79 Å². The van der Waals surface area contributed by atoms with Crippen LogP contribution in [0.25, 0.3) is 5.78 Å². The smallest absolute Gasteiger partial charge is 0.234 e. The van der Waals surface area contributed by atoms with Crippen LogP contribution in [0.3, 0.4) is 0 Å². The number of rotatable bonds is 8. The lowest BCUT2D eigenvalue weighted by Gasteiger charge is -2.17. The van der Waals surface area contributed by atoms with Crippen molar-refractivity contribution in [2.24, 2.45) is 0 Å². The van der Waals surface area contributed by atoms with E-state index < -0.39 is 0 Å². The number of thioether (sulfide) groups is 2.